The van der Waals surface area contributed by atoms with Crippen molar-refractivity contribution in [3.05, 3.63) is 53.6 Å². The highest BCUT2D eigenvalue weighted by Crippen LogP contribution is 2.33. The highest BCUT2D eigenvalue weighted by atomic mass is 35.5. The van der Waals surface area contributed by atoms with Crippen molar-refractivity contribution in [3.63, 3.8) is 0 Å². The van der Waals surface area contributed by atoms with E-state index in [-0.39, 0.29) is 12.6 Å². The maximum Gasteiger partial charge on any atom is 0.319 e. The first kappa shape index (κ1) is 16.1. The van der Waals surface area contributed by atoms with Crippen molar-refractivity contribution in [2.24, 2.45) is 0 Å². The lowest BCUT2D eigenvalue weighted by atomic mass is 10.3. The molecule has 0 aromatic heterocycles. The second-order valence-corrected chi connectivity index (χ2v) is 4.89. The Balaban J connectivity index is 2.07. The van der Waals surface area contributed by atoms with Crippen LogP contribution in [0.4, 0.5) is 10.5 Å². The number of rotatable bonds is 6. The molecule has 0 atom stereocenters. The molecule has 6 heteroatoms. The van der Waals surface area contributed by atoms with Crippen LogP contribution in [-0.4, -0.2) is 24.3 Å². The Bertz CT molecular complexity index is 634. The van der Waals surface area contributed by atoms with Gasteiger partial charge in [0.15, 0.2) is 5.75 Å². The maximum atomic E-state index is 11.8. The number of aliphatic hydroxyl groups excluding tert-OH is 1. The highest BCUT2D eigenvalue weighted by molar-refractivity contribution is 6.32. The summed E-state index contributed by atoms with van der Waals surface area (Å²) in [6.07, 6.45) is 0.505. The molecule has 0 fully saturated rings. The van der Waals surface area contributed by atoms with E-state index in [1.807, 2.05) is 12.1 Å². The molecule has 0 bridgehead atoms. The van der Waals surface area contributed by atoms with Gasteiger partial charge in [-0.2, -0.15) is 0 Å². The van der Waals surface area contributed by atoms with Crippen molar-refractivity contribution in [2.75, 3.05) is 18.5 Å². The summed E-state index contributed by atoms with van der Waals surface area (Å²) in [7, 11) is 0. The number of amides is 2. The van der Waals surface area contributed by atoms with E-state index in [0.29, 0.717) is 35.2 Å². The molecule has 2 rings (SSSR count). The van der Waals surface area contributed by atoms with Crippen molar-refractivity contribution in [1.29, 1.82) is 0 Å². The topological polar surface area (TPSA) is 70.6 Å². The van der Waals surface area contributed by atoms with E-state index in [1.54, 1.807) is 36.4 Å². The summed E-state index contributed by atoms with van der Waals surface area (Å²) in [6.45, 7) is 0.433. The molecule has 5 nitrogen and oxygen atoms in total. The van der Waals surface area contributed by atoms with Crippen molar-refractivity contribution in [1.82, 2.24) is 5.32 Å². The maximum absolute atomic E-state index is 11.8. The van der Waals surface area contributed by atoms with Crippen LogP contribution >= 0.6 is 11.6 Å². The monoisotopic (exact) mass is 320 g/mol. The quantitative estimate of drug-likeness (QED) is 0.712. The zero-order chi connectivity index (χ0) is 15.8. The number of halogens is 1. The molecule has 0 radical (unpaired) electrons. The fourth-order valence-corrected chi connectivity index (χ4v) is 1.93. The molecular formula is C16H17ClN2O3. The number of aliphatic hydroxyl groups is 1. The lowest BCUT2D eigenvalue weighted by molar-refractivity contribution is 0.248. The first-order chi connectivity index (χ1) is 10.7. The lowest BCUT2D eigenvalue weighted by Crippen LogP contribution is -2.30. The third-order valence-corrected chi connectivity index (χ3v) is 3.12. The van der Waals surface area contributed by atoms with Gasteiger partial charge in [0.05, 0.1) is 10.7 Å². The van der Waals surface area contributed by atoms with E-state index in [9.17, 15) is 4.79 Å². The number of carbonyl (C=O) groups excluding carboxylic acids is 1. The second kappa shape index (κ2) is 8.26. The molecule has 0 aliphatic carbocycles. The zero-order valence-corrected chi connectivity index (χ0v) is 12.6. The van der Waals surface area contributed by atoms with Crippen LogP contribution in [0.5, 0.6) is 11.5 Å². The second-order valence-electron chi connectivity index (χ2n) is 4.49. The van der Waals surface area contributed by atoms with Gasteiger partial charge in [-0.1, -0.05) is 35.9 Å². The minimum absolute atomic E-state index is 0.0342. The Morgan fingerprint density at radius 3 is 2.50 bits per heavy atom. The normalized spacial score (nSPS) is 10.1. The van der Waals surface area contributed by atoms with Crippen LogP contribution in [0.25, 0.3) is 0 Å². The molecule has 22 heavy (non-hydrogen) atoms. The summed E-state index contributed by atoms with van der Waals surface area (Å²) in [5.74, 6) is 1.01. The average molecular weight is 321 g/mol. The number of urea groups is 1. The van der Waals surface area contributed by atoms with E-state index in [1.165, 1.54) is 0 Å². The Morgan fingerprint density at radius 2 is 1.77 bits per heavy atom. The molecule has 0 unspecified atom stereocenters. The largest absolute Gasteiger partial charge is 0.454 e. The molecule has 2 aromatic carbocycles. The zero-order valence-electron chi connectivity index (χ0n) is 11.9. The van der Waals surface area contributed by atoms with E-state index in [2.05, 4.69) is 10.6 Å². The summed E-state index contributed by atoms with van der Waals surface area (Å²) in [5, 5.41) is 14.5. The van der Waals surface area contributed by atoms with Crippen molar-refractivity contribution < 1.29 is 14.6 Å². The average Bonchev–Trinajstić information content (AvgIpc) is 2.52. The lowest BCUT2D eigenvalue weighted by Gasteiger charge is -2.13. The first-order valence-electron chi connectivity index (χ1n) is 6.88. The molecule has 3 N–H and O–H groups in total. The summed E-state index contributed by atoms with van der Waals surface area (Å²) in [6, 6.07) is 13.8. The van der Waals surface area contributed by atoms with Crippen LogP contribution in [0.2, 0.25) is 5.02 Å². The van der Waals surface area contributed by atoms with Gasteiger partial charge in [0.25, 0.3) is 0 Å². The number of benzene rings is 2. The number of hydrogen-bond donors (Lipinski definition) is 3. The van der Waals surface area contributed by atoms with Crippen molar-refractivity contribution in [3.8, 4) is 11.5 Å². The number of carbonyl (C=O) groups is 1. The van der Waals surface area contributed by atoms with E-state index >= 15 is 0 Å². The van der Waals surface area contributed by atoms with Gasteiger partial charge in [-0.25, -0.2) is 4.79 Å². The van der Waals surface area contributed by atoms with Crippen LogP contribution in [-0.2, 0) is 0 Å². The minimum Gasteiger partial charge on any atom is -0.454 e. The summed E-state index contributed by atoms with van der Waals surface area (Å²) >= 11 is 6.07. The summed E-state index contributed by atoms with van der Waals surface area (Å²) < 4.78 is 5.75. The Morgan fingerprint density at radius 1 is 1.09 bits per heavy atom. The molecule has 116 valence electrons. The van der Waals surface area contributed by atoms with Gasteiger partial charge in [-0.05, 0) is 30.7 Å². The van der Waals surface area contributed by atoms with E-state index in [4.69, 9.17) is 21.4 Å². The first-order valence-corrected chi connectivity index (χ1v) is 7.25. The number of ether oxygens (including phenoxy) is 1. The predicted molar refractivity (Wildman–Crippen MR) is 86.7 cm³/mol. The van der Waals surface area contributed by atoms with E-state index < -0.39 is 0 Å². The third kappa shape index (κ3) is 4.65. The minimum atomic E-state index is -0.358. The van der Waals surface area contributed by atoms with Gasteiger partial charge in [0.1, 0.15) is 5.75 Å². The Hall–Kier alpha value is -2.24. The molecule has 0 saturated heterocycles. The number of anilines is 1. The fraction of sp³-hybridized carbons (Fsp3) is 0.188. The van der Waals surface area contributed by atoms with Crippen molar-refractivity contribution in [2.45, 2.75) is 6.42 Å². The van der Waals surface area contributed by atoms with Crippen LogP contribution in [0.15, 0.2) is 48.5 Å². The molecule has 0 heterocycles. The van der Waals surface area contributed by atoms with Gasteiger partial charge < -0.3 is 20.5 Å². The van der Waals surface area contributed by atoms with E-state index in [0.717, 1.165) is 0 Å². The smallest absolute Gasteiger partial charge is 0.319 e. The summed E-state index contributed by atoms with van der Waals surface area (Å²) in [5.41, 5.74) is 0.531. The highest BCUT2D eigenvalue weighted by Gasteiger charge is 2.09. The van der Waals surface area contributed by atoms with Gasteiger partial charge >= 0.3 is 6.03 Å². The van der Waals surface area contributed by atoms with Crippen LogP contribution in [0, 0.1) is 0 Å². The third-order valence-electron chi connectivity index (χ3n) is 2.81. The number of para-hydroxylation sites is 3. The molecule has 2 amide bonds. The Labute approximate surface area is 133 Å². The number of hydrogen-bond acceptors (Lipinski definition) is 3. The van der Waals surface area contributed by atoms with Gasteiger partial charge in [-0.15, -0.1) is 0 Å². The van der Waals surface area contributed by atoms with Gasteiger partial charge in [-0.3, -0.25) is 0 Å². The van der Waals surface area contributed by atoms with Gasteiger partial charge in [0.2, 0.25) is 0 Å². The van der Waals surface area contributed by atoms with Crippen LogP contribution in [0.1, 0.15) is 6.42 Å². The SMILES string of the molecule is O=C(NCCCO)Nc1ccccc1Oc1ccccc1Cl. The molecular weight excluding hydrogens is 304 g/mol. The molecule has 0 saturated carbocycles. The van der Waals surface area contributed by atoms with Crippen LogP contribution in [0.3, 0.4) is 0 Å². The molecule has 0 aliphatic rings. The molecule has 0 spiro atoms. The Kier molecular flexibility index (Phi) is 6.06. The standard InChI is InChI=1S/C16H17ClN2O3/c17-12-6-1-3-8-14(12)22-15-9-4-2-7-13(15)19-16(21)18-10-5-11-20/h1-4,6-9,20H,5,10-11H2,(H2,18,19,21). The molecule has 2 aromatic rings. The fourth-order valence-electron chi connectivity index (χ4n) is 1.75. The van der Waals surface area contributed by atoms with Crippen LogP contribution < -0.4 is 15.4 Å². The molecule has 0 aliphatic heterocycles. The predicted octanol–water partition coefficient (Wildman–Crippen LogP) is 3.64. The number of nitrogens with one attached hydrogen (secondary N) is 2. The van der Waals surface area contributed by atoms with Crippen molar-refractivity contribution >= 4 is 23.3 Å². The summed E-state index contributed by atoms with van der Waals surface area (Å²) in [4.78, 5) is 11.8. The van der Waals surface area contributed by atoms with Gasteiger partial charge in [0, 0.05) is 13.2 Å².